The predicted octanol–water partition coefficient (Wildman–Crippen LogP) is 1.39. The Morgan fingerprint density at radius 3 is 3.07 bits per heavy atom. The number of nitrogens with zero attached hydrogens (tertiary/aromatic N) is 2. The van der Waals surface area contributed by atoms with Crippen LogP contribution in [0.1, 0.15) is 28.8 Å². The fourth-order valence-electron chi connectivity index (χ4n) is 3.70. The van der Waals surface area contributed by atoms with E-state index in [4.69, 9.17) is 0 Å². The van der Waals surface area contributed by atoms with Crippen LogP contribution in [0, 0.1) is 6.92 Å². The van der Waals surface area contributed by atoms with Crippen LogP contribution in [-0.4, -0.2) is 27.0 Å². The largest absolute Gasteiger partial charge is 0.352 e. The van der Waals surface area contributed by atoms with Gasteiger partial charge in [-0.1, -0.05) is 12.1 Å². The summed E-state index contributed by atoms with van der Waals surface area (Å²) in [6.07, 6.45) is 3.13. The van der Waals surface area contributed by atoms with Gasteiger partial charge < -0.3 is 15.6 Å². The van der Waals surface area contributed by atoms with Crippen LogP contribution >= 0.6 is 0 Å². The minimum atomic E-state index is -0.186. The van der Waals surface area contributed by atoms with Gasteiger partial charge in [-0.05, 0) is 48.7 Å². The molecule has 2 aromatic heterocycles. The van der Waals surface area contributed by atoms with E-state index in [-0.39, 0.29) is 18.0 Å². The van der Waals surface area contributed by atoms with Crippen LogP contribution in [0.2, 0.25) is 0 Å². The Kier molecular flexibility index (Phi) is 4.77. The summed E-state index contributed by atoms with van der Waals surface area (Å²) in [5.74, 6) is -0.0712. The van der Waals surface area contributed by atoms with E-state index < -0.39 is 0 Å². The molecule has 1 aliphatic rings. The van der Waals surface area contributed by atoms with Crippen LogP contribution < -0.4 is 16.3 Å². The van der Waals surface area contributed by atoms with E-state index in [1.807, 2.05) is 37.4 Å². The second-order valence-electron chi connectivity index (χ2n) is 6.88. The third-order valence-corrected chi connectivity index (χ3v) is 5.18. The molecule has 0 saturated carbocycles. The van der Waals surface area contributed by atoms with Gasteiger partial charge in [0.1, 0.15) is 0 Å². The van der Waals surface area contributed by atoms with Crippen LogP contribution in [0.5, 0.6) is 0 Å². The van der Waals surface area contributed by atoms with Gasteiger partial charge in [0.15, 0.2) is 0 Å². The molecule has 0 atom stereocenters. The lowest BCUT2D eigenvalue weighted by molar-refractivity contribution is -0.121. The number of aryl methyl sites for hydroxylation is 2. The molecule has 140 valence electrons. The number of aromatic nitrogens is 3. The molecular formula is C20H23N5O2. The Labute approximate surface area is 156 Å². The number of rotatable bonds is 5. The Balaban J connectivity index is 1.42. The van der Waals surface area contributed by atoms with Gasteiger partial charge in [0.2, 0.25) is 5.91 Å². The first-order valence-corrected chi connectivity index (χ1v) is 9.24. The molecule has 27 heavy (non-hydrogen) atoms. The number of amides is 1. The number of H-pyrrole nitrogens is 1. The summed E-state index contributed by atoms with van der Waals surface area (Å²) in [5, 5.41) is 6.34. The molecule has 0 bridgehead atoms. The maximum atomic E-state index is 12.4. The average molecular weight is 365 g/mol. The first kappa shape index (κ1) is 17.5. The highest BCUT2D eigenvalue weighted by Gasteiger charge is 2.16. The number of imidazole rings is 1. The topological polar surface area (TPSA) is 91.8 Å². The van der Waals surface area contributed by atoms with E-state index in [1.54, 1.807) is 4.57 Å². The molecule has 0 fully saturated rings. The molecule has 7 heteroatoms. The fraction of sp³-hybridized carbons (Fsp3) is 0.350. The highest BCUT2D eigenvalue weighted by atomic mass is 16.2. The van der Waals surface area contributed by atoms with Gasteiger partial charge in [-0.2, -0.15) is 0 Å². The molecule has 3 N–H and O–H groups in total. The molecule has 3 heterocycles. The van der Waals surface area contributed by atoms with E-state index in [0.717, 1.165) is 41.8 Å². The Bertz CT molecular complexity index is 1050. The second-order valence-corrected chi connectivity index (χ2v) is 6.88. The van der Waals surface area contributed by atoms with Crippen LogP contribution in [0.4, 0.5) is 0 Å². The van der Waals surface area contributed by atoms with Gasteiger partial charge in [-0.3, -0.25) is 14.3 Å². The van der Waals surface area contributed by atoms with Crippen molar-refractivity contribution in [2.45, 2.75) is 39.4 Å². The number of carbonyl (C=O) groups excluding carboxylic acids is 1. The lowest BCUT2D eigenvalue weighted by Gasteiger charge is -2.21. The van der Waals surface area contributed by atoms with E-state index in [9.17, 15) is 9.59 Å². The third-order valence-electron chi connectivity index (χ3n) is 5.18. The van der Waals surface area contributed by atoms with Crippen LogP contribution in [-0.2, 0) is 30.8 Å². The molecule has 4 rings (SSSR count). The molecule has 3 aromatic rings. The molecule has 0 saturated heterocycles. The summed E-state index contributed by atoms with van der Waals surface area (Å²) in [5.41, 5.74) is 6.01. The molecule has 7 nitrogen and oxygen atoms in total. The molecule has 0 unspecified atom stereocenters. The van der Waals surface area contributed by atoms with Crippen molar-refractivity contribution in [2.75, 3.05) is 6.54 Å². The first-order chi connectivity index (χ1) is 13.1. The quantitative estimate of drug-likeness (QED) is 0.637. The molecule has 0 aliphatic carbocycles. The number of carbonyl (C=O) groups is 1. The van der Waals surface area contributed by atoms with Gasteiger partial charge in [0.05, 0.1) is 11.0 Å². The lowest BCUT2D eigenvalue weighted by Crippen LogP contribution is -2.29. The zero-order valence-corrected chi connectivity index (χ0v) is 15.3. The van der Waals surface area contributed by atoms with Gasteiger partial charge in [-0.15, -0.1) is 0 Å². The summed E-state index contributed by atoms with van der Waals surface area (Å²) in [6.45, 7) is 4.58. The average Bonchev–Trinajstić information content (AvgIpc) is 3.00. The number of hydrogen-bond donors (Lipinski definition) is 3. The number of hydrogen-bond acceptors (Lipinski definition) is 4. The standard InChI is InChI=1S/C20H23N5O2/c1-13-16(15-6-8-21-10-14(15)11-22-13)12-23-19(26)7-9-25-18-5-3-2-4-17(18)24-20(25)27/h2-5,11,21H,6-10,12H2,1H3,(H,23,26)(H,24,27). The Hall–Kier alpha value is -2.93. The number of fused-ring (bicyclic) bond motifs is 2. The highest BCUT2D eigenvalue weighted by Crippen LogP contribution is 2.20. The maximum absolute atomic E-state index is 12.4. The van der Waals surface area contributed by atoms with E-state index >= 15 is 0 Å². The van der Waals surface area contributed by atoms with Gasteiger partial charge in [0, 0.05) is 37.9 Å². The zero-order chi connectivity index (χ0) is 18.8. The molecular weight excluding hydrogens is 342 g/mol. The summed E-state index contributed by atoms with van der Waals surface area (Å²) < 4.78 is 1.61. The minimum absolute atomic E-state index is 0.0712. The third kappa shape index (κ3) is 3.50. The van der Waals surface area contributed by atoms with Crippen molar-refractivity contribution in [3.8, 4) is 0 Å². The Morgan fingerprint density at radius 1 is 1.33 bits per heavy atom. The molecule has 0 spiro atoms. The summed E-state index contributed by atoms with van der Waals surface area (Å²) >= 11 is 0. The van der Waals surface area contributed by atoms with E-state index in [0.29, 0.717) is 13.1 Å². The number of benzene rings is 1. The predicted molar refractivity (Wildman–Crippen MR) is 103 cm³/mol. The number of pyridine rings is 1. The van der Waals surface area contributed by atoms with E-state index in [2.05, 4.69) is 20.6 Å². The van der Waals surface area contributed by atoms with Crippen molar-refractivity contribution in [1.29, 1.82) is 0 Å². The van der Waals surface area contributed by atoms with Gasteiger partial charge in [-0.25, -0.2) is 4.79 Å². The smallest absolute Gasteiger partial charge is 0.326 e. The van der Waals surface area contributed by atoms with E-state index in [1.165, 1.54) is 11.1 Å². The van der Waals surface area contributed by atoms with Crippen LogP contribution in [0.3, 0.4) is 0 Å². The second kappa shape index (κ2) is 7.36. The lowest BCUT2D eigenvalue weighted by atomic mass is 9.96. The summed E-state index contributed by atoms with van der Waals surface area (Å²) in [6, 6.07) is 7.50. The summed E-state index contributed by atoms with van der Waals surface area (Å²) in [4.78, 5) is 31.7. The number of para-hydroxylation sites is 2. The SMILES string of the molecule is Cc1ncc2c(c1CNC(=O)CCn1c(=O)[nH]c3ccccc31)CCNC2. The van der Waals surface area contributed by atoms with Crippen LogP contribution in [0.15, 0.2) is 35.3 Å². The van der Waals surface area contributed by atoms with Crippen molar-refractivity contribution in [2.24, 2.45) is 0 Å². The zero-order valence-electron chi connectivity index (χ0n) is 15.3. The first-order valence-electron chi connectivity index (χ1n) is 9.24. The number of aromatic amines is 1. The molecule has 1 amide bonds. The van der Waals surface area contributed by atoms with Crippen molar-refractivity contribution in [1.82, 2.24) is 25.2 Å². The van der Waals surface area contributed by atoms with Gasteiger partial charge >= 0.3 is 5.69 Å². The summed E-state index contributed by atoms with van der Waals surface area (Å²) in [7, 11) is 0. The van der Waals surface area contributed by atoms with Gasteiger partial charge in [0.25, 0.3) is 0 Å². The van der Waals surface area contributed by atoms with Crippen molar-refractivity contribution in [3.05, 3.63) is 63.3 Å². The monoisotopic (exact) mass is 365 g/mol. The van der Waals surface area contributed by atoms with Crippen LogP contribution in [0.25, 0.3) is 11.0 Å². The van der Waals surface area contributed by atoms with Crippen molar-refractivity contribution >= 4 is 16.9 Å². The van der Waals surface area contributed by atoms with Crippen molar-refractivity contribution < 1.29 is 4.79 Å². The van der Waals surface area contributed by atoms with Crippen molar-refractivity contribution in [3.63, 3.8) is 0 Å². The maximum Gasteiger partial charge on any atom is 0.326 e. The highest BCUT2D eigenvalue weighted by molar-refractivity contribution is 5.77. The minimum Gasteiger partial charge on any atom is -0.352 e. The Morgan fingerprint density at radius 2 is 2.19 bits per heavy atom. The molecule has 0 radical (unpaired) electrons. The molecule has 1 aliphatic heterocycles. The molecule has 1 aromatic carbocycles. The fourth-order valence-corrected chi connectivity index (χ4v) is 3.70. The normalized spacial score (nSPS) is 13.5. The number of nitrogens with one attached hydrogen (secondary N) is 3.